The van der Waals surface area contributed by atoms with Crippen LogP contribution in [0.1, 0.15) is 26.3 Å². The normalized spacial score (nSPS) is 10.6. The number of phenolic OH excluding ortho intramolecular Hbond substituents is 1. The number of anilines is 1. The van der Waals surface area contributed by atoms with E-state index in [0.717, 1.165) is 6.07 Å². The first-order valence-electron chi connectivity index (χ1n) is 8.31. The van der Waals surface area contributed by atoms with Gasteiger partial charge in [0.2, 0.25) is 0 Å². The van der Waals surface area contributed by atoms with Crippen LogP contribution in [0.3, 0.4) is 0 Å². The Bertz CT molecular complexity index is 1050. The van der Waals surface area contributed by atoms with Crippen LogP contribution < -0.4 is 10.7 Å². The van der Waals surface area contributed by atoms with E-state index in [1.165, 1.54) is 42.6 Å². The van der Waals surface area contributed by atoms with Gasteiger partial charge >= 0.3 is 0 Å². The van der Waals surface area contributed by atoms with Crippen molar-refractivity contribution in [1.82, 2.24) is 5.43 Å². The average molecular weight is 377 g/mol. The molecule has 0 spiro atoms. The van der Waals surface area contributed by atoms with E-state index in [2.05, 4.69) is 15.8 Å². The van der Waals surface area contributed by atoms with E-state index >= 15 is 0 Å². The third-order valence-electron chi connectivity index (χ3n) is 3.76. The number of amides is 2. The lowest BCUT2D eigenvalue weighted by atomic mass is 10.1. The molecule has 0 saturated carbocycles. The molecular formula is C21H16FN3O3. The van der Waals surface area contributed by atoms with Gasteiger partial charge in [0.15, 0.2) is 0 Å². The van der Waals surface area contributed by atoms with Crippen LogP contribution in [0.15, 0.2) is 77.9 Å². The van der Waals surface area contributed by atoms with Crippen LogP contribution in [0.4, 0.5) is 10.1 Å². The summed E-state index contributed by atoms with van der Waals surface area (Å²) in [6, 6.07) is 18.0. The largest absolute Gasteiger partial charge is 0.508 e. The third kappa shape index (κ3) is 4.79. The number of halogens is 1. The Kier molecular flexibility index (Phi) is 5.76. The van der Waals surface area contributed by atoms with Crippen molar-refractivity contribution in [1.29, 1.82) is 0 Å². The van der Waals surface area contributed by atoms with Crippen molar-refractivity contribution in [3.8, 4) is 5.75 Å². The van der Waals surface area contributed by atoms with Crippen LogP contribution in [0.25, 0.3) is 0 Å². The maximum absolute atomic E-state index is 13.3. The van der Waals surface area contributed by atoms with Crippen molar-refractivity contribution >= 4 is 23.7 Å². The fourth-order valence-electron chi connectivity index (χ4n) is 2.45. The summed E-state index contributed by atoms with van der Waals surface area (Å²) in [5, 5.41) is 15.9. The number of rotatable bonds is 5. The van der Waals surface area contributed by atoms with E-state index < -0.39 is 17.6 Å². The van der Waals surface area contributed by atoms with Crippen molar-refractivity contribution in [2.75, 3.05) is 5.32 Å². The minimum absolute atomic E-state index is 0.0840. The van der Waals surface area contributed by atoms with E-state index in [4.69, 9.17) is 0 Å². The van der Waals surface area contributed by atoms with Crippen molar-refractivity contribution in [3.63, 3.8) is 0 Å². The van der Waals surface area contributed by atoms with Gasteiger partial charge in [0.05, 0.1) is 17.5 Å². The summed E-state index contributed by atoms with van der Waals surface area (Å²) in [5.41, 5.74) is 3.57. The van der Waals surface area contributed by atoms with Crippen LogP contribution in [-0.2, 0) is 0 Å². The average Bonchev–Trinajstić information content (AvgIpc) is 2.68. The van der Waals surface area contributed by atoms with Crippen LogP contribution in [-0.4, -0.2) is 23.1 Å². The Morgan fingerprint density at radius 1 is 0.929 bits per heavy atom. The van der Waals surface area contributed by atoms with Gasteiger partial charge in [-0.2, -0.15) is 5.10 Å². The van der Waals surface area contributed by atoms with Gasteiger partial charge in [-0.25, -0.2) is 9.82 Å². The molecule has 0 bridgehead atoms. The molecule has 0 unspecified atom stereocenters. The summed E-state index contributed by atoms with van der Waals surface area (Å²) < 4.78 is 13.3. The molecule has 0 aliphatic heterocycles. The van der Waals surface area contributed by atoms with Gasteiger partial charge in [-0.3, -0.25) is 9.59 Å². The molecule has 7 heteroatoms. The highest BCUT2D eigenvalue weighted by Gasteiger charge is 2.14. The molecule has 6 nitrogen and oxygen atoms in total. The van der Waals surface area contributed by atoms with Gasteiger partial charge < -0.3 is 10.4 Å². The van der Waals surface area contributed by atoms with E-state index in [0.29, 0.717) is 5.56 Å². The number of aromatic hydroxyl groups is 1. The van der Waals surface area contributed by atoms with E-state index in [1.54, 1.807) is 30.3 Å². The summed E-state index contributed by atoms with van der Waals surface area (Å²) in [6.07, 6.45) is 1.38. The molecule has 3 rings (SSSR count). The Labute approximate surface area is 160 Å². The van der Waals surface area contributed by atoms with Gasteiger partial charge in [0, 0.05) is 5.56 Å². The molecule has 3 N–H and O–H groups in total. The van der Waals surface area contributed by atoms with Crippen LogP contribution in [0, 0.1) is 5.82 Å². The fraction of sp³-hybridized carbons (Fsp3) is 0. The number of hydrazone groups is 1. The molecule has 0 saturated heterocycles. The third-order valence-corrected chi connectivity index (χ3v) is 3.76. The van der Waals surface area contributed by atoms with Crippen LogP contribution in [0.5, 0.6) is 5.75 Å². The molecule has 0 aromatic heterocycles. The number of benzene rings is 3. The molecular weight excluding hydrogens is 361 g/mol. The van der Waals surface area contributed by atoms with Crippen LogP contribution in [0.2, 0.25) is 0 Å². The standard InChI is InChI=1S/C21H16FN3O3/c22-16-7-4-6-15(12-16)20(27)24-19-10-2-1-9-18(19)21(28)25-23-13-14-5-3-8-17(26)11-14/h1-13,26H,(H,24,27)(H,25,28)/b23-13+. The number of phenols is 1. The van der Waals surface area contributed by atoms with E-state index in [1.807, 2.05) is 0 Å². The van der Waals surface area contributed by atoms with Crippen molar-refractivity contribution in [2.24, 2.45) is 5.10 Å². The Morgan fingerprint density at radius 3 is 2.50 bits per heavy atom. The Morgan fingerprint density at radius 2 is 1.71 bits per heavy atom. The smallest absolute Gasteiger partial charge is 0.273 e. The SMILES string of the molecule is O=C(Nc1ccccc1C(=O)N/N=C/c1cccc(O)c1)c1cccc(F)c1. The minimum Gasteiger partial charge on any atom is -0.508 e. The van der Waals surface area contributed by atoms with Crippen molar-refractivity contribution in [3.05, 3.63) is 95.3 Å². The molecule has 3 aromatic carbocycles. The zero-order valence-electron chi connectivity index (χ0n) is 14.6. The maximum Gasteiger partial charge on any atom is 0.273 e. The first kappa shape index (κ1) is 18.8. The molecule has 0 atom stereocenters. The first-order valence-corrected chi connectivity index (χ1v) is 8.31. The Hall–Kier alpha value is -4.00. The number of carbonyl (C=O) groups excluding carboxylic acids is 2. The molecule has 0 radical (unpaired) electrons. The monoisotopic (exact) mass is 377 g/mol. The number of carbonyl (C=O) groups is 2. The van der Waals surface area contributed by atoms with E-state index in [9.17, 15) is 19.1 Å². The topological polar surface area (TPSA) is 90.8 Å². The lowest BCUT2D eigenvalue weighted by molar-refractivity contribution is 0.0956. The maximum atomic E-state index is 13.3. The Balaban J connectivity index is 1.72. The summed E-state index contributed by atoms with van der Waals surface area (Å²) >= 11 is 0. The summed E-state index contributed by atoms with van der Waals surface area (Å²) in [7, 11) is 0. The molecule has 0 aliphatic rings. The van der Waals surface area contributed by atoms with Crippen molar-refractivity contribution in [2.45, 2.75) is 0 Å². The highest BCUT2D eigenvalue weighted by Crippen LogP contribution is 2.17. The highest BCUT2D eigenvalue weighted by molar-refractivity contribution is 6.09. The minimum atomic E-state index is -0.539. The number of para-hydroxylation sites is 1. The second kappa shape index (κ2) is 8.59. The molecule has 0 aliphatic carbocycles. The number of nitrogens with one attached hydrogen (secondary N) is 2. The molecule has 28 heavy (non-hydrogen) atoms. The number of hydrogen-bond donors (Lipinski definition) is 3. The zero-order valence-corrected chi connectivity index (χ0v) is 14.6. The second-order valence-corrected chi connectivity index (χ2v) is 5.80. The second-order valence-electron chi connectivity index (χ2n) is 5.80. The molecule has 140 valence electrons. The number of hydrogen-bond acceptors (Lipinski definition) is 4. The van der Waals surface area contributed by atoms with Gasteiger partial charge in [-0.1, -0.05) is 30.3 Å². The van der Waals surface area contributed by atoms with Gasteiger partial charge in [0.1, 0.15) is 11.6 Å². The molecule has 0 heterocycles. The van der Waals surface area contributed by atoms with Gasteiger partial charge in [-0.05, 0) is 48.0 Å². The molecule has 3 aromatic rings. The summed E-state index contributed by atoms with van der Waals surface area (Å²) in [4.78, 5) is 24.7. The fourth-order valence-corrected chi connectivity index (χ4v) is 2.45. The quantitative estimate of drug-likeness (QED) is 0.469. The first-order chi connectivity index (χ1) is 13.5. The summed E-state index contributed by atoms with van der Waals surface area (Å²) in [6.45, 7) is 0. The van der Waals surface area contributed by atoms with E-state index in [-0.39, 0.29) is 22.6 Å². The summed E-state index contributed by atoms with van der Waals surface area (Å²) in [5.74, 6) is -1.52. The van der Waals surface area contributed by atoms with Gasteiger partial charge in [0.25, 0.3) is 11.8 Å². The highest BCUT2D eigenvalue weighted by atomic mass is 19.1. The zero-order chi connectivity index (χ0) is 19.9. The number of nitrogens with zero attached hydrogens (tertiary/aromatic N) is 1. The molecule has 2 amide bonds. The van der Waals surface area contributed by atoms with Gasteiger partial charge in [-0.15, -0.1) is 0 Å². The predicted molar refractivity (Wildman–Crippen MR) is 104 cm³/mol. The lowest BCUT2D eigenvalue weighted by Crippen LogP contribution is -2.21. The molecule has 0 fully saturated rings. The van der Waals surface area contributed by atoms with Crippen LogP contribution >= 0.6 is 0 Å². The van der Waals surface area contributed by atoms with Crippen molar-refractivity contribution < 1.29 is 19.1 Å². The predicted octanol–water partition coefficient (Wildman–Crippen LogP) is 3.55. The lowest BCUT2D eigenvalue weighted by Gasteiger charge is -2.10.